The van der Waals surface area contributed by atoms with Crippen LogP contribution in [-0.2, 0) is 0 Å². The van der Waals surface area contributed by atoms with Crippen molar-refractivity contribution < 1.29 is 5.71 Å². The van der Waals surface area contributed by atoms with Gasteiger partial charge in [0.25, 0.3) is 0 Å². The van der Waals surface area contributed by atoms with Gasteiger partial charge in [-0.2, -0.15) is 0 Å². The molecule has 0 saturated carbocycles. The maximum Gasteiger partial charge on any atom is 2.00 e. The van der Waals surface area contributed by atoms with Crippen molar-refractivity contribution in [2.75, 3.05) is 0 Å². The molecule has 0 fully saturated rings. The van der Waals surface area contributed by atoms with Gasteiger partial charge in [-0.05, 0) is 0 Å². The Morgan fingerprint density at radius 3 is 1.25 bits per heavy atom. The number of hydrogen-bond donors (Lipinski definition) is 0. The smallest absolute Gasteiger partial charge is 1.00 e. The van der Waals surface area contributed by atoms with E-state index >= 15 is 0 Å². The van der Waals surface area contributed by atoms with Gasteiger partial charge < -0.3 is 5.71 Å². The maximum absolute atomic E-state index is 0. The molecule has 0 aromatic carbocycles. The topological polar surface area (TPSA) is 0 Å². The van der Waals surface area contributed by atoms with Crippen molar-refractivity contribution in [1.29, 1.82) is 0 Å². The van der Waals surface area contributed by atoms with Crippen molar-refractivity contribution in [3.8, 4) is 0 Å². The van der Waals surface area contributed by atoms with Crippen molar-refractivity contribution in [1.82, 2.24) is 0 Å². The molecule has 0 amide bonds. The summed E-state index contributed by atoms with van der Waals surface area (Å²) in [5.74, 6) is 0. The Labute approximate surface area is 90.7 Å². The summed E-state index contributed by atoms with van der Waals surface area (Å²) in [5, 5.41) is 0. The predicted octanol–water partition coefficient (Wildman–Crippen LogP) is -1.07. The molecule has 0 atom stereocenters. The van der Waals surface area contributed by atoms with Crippen LogP contribution in [0.1, 0.15) is 5.71 Å². The summed E-state index contributed by atoms with van der Waals surface area (Å²) in [5.41, 5.74) is 0. The van der Waals surface area contributed by atoms with E-state index in [1.807, 2.05) is 0 Å². The fraction of sp³-hybridized carbons (Fsp3) is 0. The van der Waals surface area contributed by atoms with E-state index in [1.54, 1.807) is 0 Å². The zero-order chi connectivity index (χ0) is 0. The van der Waals surface area contributed by atoms with Crippen molar-refractivity contribution in [3.05, 3.63) is 0 Å². The molecule has 4 heteroatoms. The first-order valence-corrected chi connectivity index (χ1v) is 0. The molecule has 14 valence electrons. The SMILES string of the molecule is [Be+2].[H-].[H-].[H-].[H-].[In].[Mg+2].[Tl]. The normalized spacial score (nSPS) is 0. The zero-order valence-corrected chi connectivity index (χ0v) is 11.8. The van der Waals surface area contributed by atoms with Crippen molar-refractivity contribution >= 4 is 86.3 Å². The van der Waals surface area contributed by atoms with Crippen LogP contribution in [0.4, 0.5) is 0 Å². The Bertz CT molecular complexity index is 16.0. The van der Waals surface area contributed by atoms with Crippen LogP contribution in [0.3, 0.4) is 0 Å². The molecule has 0 heterocycles. The average molecular weight is 357 g/mol. The average Bonchev–Trinajstić information content (AvgIpc) is 0. The molecule has 0 aromatic rings. The van der Waals surface area contributed by atoms with E-state index in [0.29, 0.717) is 0 Å². The molecular formula is H4BeInMgTl. The third kappa shape index (κ3) is 8.83. The molecule has 0 aliphatic heterocycles. The Kier molecular flexibility index (Phi) is 128. The van der Waals surface area contributed by atoms with Gasteiger partial charge in [0, 0.05) is 53.1 Å². The van der Waals surface area contributed by atoms with Crippen LogP contribution < -0.4 is 0 Å². The van der Waals surface area contributed by atoms with E-state index in [4.69, 9.17) is 0 Å². The van der Waals surface area contributed by atoms with Gasteiger partial charge in [0.15, 0.2) is 0 Å². The fourth-order valence-corrected chi connectivity index (χ4v) is 0. The molecule has 0 N–H and O–H groups in total. The van der Waals surface area contributed by atoms with Crippen LogP contribution in [0.2, 0.25) is 0 Å². The first-order chi connectivity index (χ1) is 0. The van der Waals surface area contributed by atoms with Gasteiger partial charge in [-0.3, -0.25) is 0 Å². The molecular weight excluding hydrogens is 353 g/mol. The minimum Gasteiger partial charge on any atom is -1.00 e. The second-order valence-electron chi connectivity index (χ2n) is 0. The third-order valence-corrected chi connectivity index (χ3v) is 0. The molecule has 0 aromatic heterocycles. The van der Waals surface area contributed by atoms with Crippen LogP contribution in [0.15, 0.2) is 0 Å². The molecule has 4 heavy (non-hydrogen) atoms. The Morgan fingerprint density at radius 2 is 1.25 bits per heavy atom. The Hall–Kier alpha value is 2.73. The molecule has 0 saturated heterocycles. The number of hydrogen-bond acceptors (Lipinski definition) is 0. The van der Waals surface area contributed by atoms with Gasteiger partial charge in [0.2, 0.25) is 0 Å². The molecule has 0 unspecified atom stereocenters. The molecule has 0 aliphatic carbocycles. The Morgan fingerprint density at radius 1 is 1.25 bits per heavy atom. The van der Waals surface area contributed by atoms with E-state index in [1.165, 1.54) is 0 Å². The van der Waals surface area contributed by atoms with Gasteiger partial charge in [0.05, 0.1) is 0 Å². The van der Waals surface area contributed by atoms with E-state index in [2.05, 4.69) is 0 Å². The first kappa shape index (κ1) is 29.7. The second-order valence-corrected chi connectivity index (χ2v) is 0. The monoisotopic (exact) mass is 357 g/mol. The maximum atomic E-state index is 0. The van der Waals surface area contributed by atoms with Crippen LogP contribution >= 0.6 is 0 Å². The van der Waals surface area contributed by atoms with Gasteiger partial charge in [-0.1, -0.05) is 0 Å². The van der Waals surface area contributed by atoms with Crippen molar-refractivity contribution in [2.24, 2.45) is 0 Å². The summed E-state index contributed by atoms with van der Waals surface area (Å²) in [4.78, 5) is 0. The van der Waals surface area contributed by atoms with Crippen molar-refractivity contribution in [2.45, 2.75) is 0 Å². The fourth-order valence-electron chi connectivity index (χ4n) is 0. The summed E-state index contributed by atoms with van der Waals surface area (Å²) < 4.78 is 0. The molecule has 0 aliphatic rings. The van der Waals surface area contributed by atoms with Crippen LogP contribution in [-0.4, -0.2) is 86.3 Å². The molecule has 0 nitrogen and oxygen atoms in total. The van der Waals surface area contributed by atoms with Gasteiger partial charge >= 0.3 is 33.2 Å². The summed E-state index contributed by atoms with van der Waals surface area (Å²) in [6.07, 6.45) is 0. The largest absolute Gasteiger partial charge is 2.00 e. The minimum absolute atomic E-state index is 0. The van der Waals surface area contributed by atoms with Gasteiger partial charge in [0.1, 0.15) is 0 Å². The molecule has 0 bridgehead atoms. The summed E-state index contributed by atoms with van der Waals surface area (Å²) in [6, 6.07) is 0. The minimum atomic E-state index is 0. The van der Waals surface area contributed by atoms with Crippen LogP contribution in [0.5, 0.6) is 0 Å². The zero-order valence-electron chi connectivity index (χ0n) is 6.57. The standard InChI is InChI=1S/Be.In.Mg.Tl.4H/q+2;;+2;;4*-1. The van der Waals surface area contributed by atoms with Crippen LogP contribution in [0, 0.1) is 0 Å². The Balaban J connectivity index is 0. The van der Waals surface area contributed by atoms with E-state index in [9.17, 15) is 0 Å². The van der Waals surface area contributed by atoms with E-state index in [0.717, 1.165) is 0 Å². The predicted molar refractivity (Wildman–Crippen MR) is 27.5 cm³/mol. The summed E-state index contributed by atoms with van der Waals surface area (Å²) in [7, 11) is 0. The first-order valence-electron chi connectivity index (χ1n) is 0. The number of rotatable bonds is 0. The van der Waals surface area contributed by atoms with E-state index in [-0.39, 0.29) is 92.0 Å². The van der Waals surface area contributed by atoms with Crippen LogP contribution in [0.25, 0.3) is 0 Å². The summed E-state index contributed by atoms with van der Waals surface area (Å²) >= 11 is 0. The molecule has 0 rings (SSSR count). The van der Waals surface area contributed by atoms with Gasteiger partial charge in [-0.25, -0.2) is 0 Å². The van der Waals surface area contributed by atoms with Gasteiger partial charge in [-0.15, -0.1) is 0 Å². The molecule has 4 radical (unpaired) electrons. The van der Waals surface area contributed by atoms with Crippen molar-refractivity contribution in [3.63, 3.8) is 0 Å². The molecule has 0 spiro atoms. The second kappa shape index (κ2) is 17.2. The third-order valence-electron chi connectivity index (χ3n) is 0. The quantitative estimate of drug-likeness (QED) is 0.485. The summed E-state index contributed by atoms with van der Waals surface area (Å²) in [6.45, 7) is 0. The van der Waals surface area contributed by atoms with E-state index < -0.39 is 0 Å².